The summed E-state index contributed by atoms with van der Waals surface area (Å²) in [6, 6.07) is 11.9. The zero-order valence-corrected chi connectivity index (χ0v) is 25.6. The van der Waals surface area contributed by atoms with Crippen LogP contribution in [-0.2, 0) is 30.3 Å². The lowest BCUT2D eigenvalue weighted by Crippen LogP contribution is -2.53. The molecule has 0 N–H and O–H groups in total. The smallest absolute Gasteiger partial charge is 0.329 e. The molecule has 0 spiro atoms. The van der Waals surface area contributed by atoms with Crippen LogP contribution in [0.5, 0.6) is 17.2 Å². The Morgan fingerprint density at radius 2 is 1.74 bits per heavy atom. The summed E-state index contributed by atoms with van der Waals surface area (Å²) in [5.74, 6) is -0.0921. The van der Waals surface area contributed by atoms with E-state index in [1.807, 2.05) is 31.2 Å². The van der Waals surface area contributed by atoms with E-state index in [-0.39, 0.29) is 12.4 Å². The zero-order valence-electron chi connectivity index (χ0n) is 25.6. The SMILES string of the molecule is CCC(C)(C)C(=O)C(=O)N1CCCCC1C(=O)OC(CCc1ccc(OC)c(OC)c1)c1cccc(OCC(C)=O)c1. The Hall–Kier alpha value is -3.88. The van der Waals surface area contributed by atoms with E-state index in [2.05, 4.69) is 0 Å². The number of ketones is 2. The second kappa shape index (κ2) is 14.8. The van der Waals surface area contributed by atoms with Gasteiger partial charge in [-0.2, -0.15) is 0 Å². The van der Waals surface area contributed by atoms with Crippen LogP contribution in [-0.4, -0.2) is 61.8 Å². The van der Waals surface area contributed by atoms with Gasteiger partial charge in [0.15, 0.2) is 17.3 Å². The van der Waals surface area contributed by atoms with Crippen molar-refractivity contribution >= 4 is 23.4 Å². The summed E-state index contributed by atoms with van der Waals surface area (Å²) in [6.45, 7) is 7.06. The van der Waals surface area contributed by atoms with Crippen LogP contribution in [0.3, 0.4) is 0 Å². The molecule has 42 heavy (non-hydrogen) atoms. The van der Waals surface area contributed by atoms with Crippen molar-refractivity contribution in [1.82, 2.24) is 4.90 Å². The Bertz CT molecular complexity index is 1270. The summed E-state index contributed by atoms with van der Waals surface area (Å²) in [5.41, 5.74) is 0.840. The molecule has 2 atom stereocenters. The molecule has 3 rings (SSSR count). The molecule has 1 fully saturated rings. The maximum Gasteiger partial charge on any atom is 0.329 e. The van der Waals surface area contributed by atoms with Gasteiger partial charge in [-0.25, -0.2) is 4.79 Å². The molecule has 228 valence electrons. The number of benzene rings is 2. The van der Waals surface area contributed by atoms with Crippen LogP contribution >= 0.6 is 0 Å². The number of ether oxygens (including phenoxy) is 4. The molecule has 1 saturated heterocycles. The first-order chi connectivity index (χ1) is 20.0. The summed E-state index contributed by atoms with van der Waals surface area (Å²) < 4.78 is 22.5. The number of esters is 1. The molecular weight excluding hydrogens is 538 g/mol. The van der Waals surface area contributed by atoms with Crippen LogP contribution in [0.15, 0.2) is 42.5 Å². The number of hydrogen-bond donors (Lipinski definition) is 0. The fraction of sp³-hybridized carbons (Fsp3) is 0.515. The molecule has 0 bridgehead atoms. The summed E-state index contributed by atoms with van der Waals surface area (Å²) >= 11 is 0. The molecule has 2 aromatic rings. The number of likely N-dealkylation sites (tertiary alicyclic amines) is 1. The zero-order chi connectivity index (χ0) is 30.9. The van der Waals surface area contributed by atoms with E-state index in [4.69, 9.17) is 18.9 Å². The fourth-order valence-corrected chi connectivity index (χ4v) is 4.84. The van der Waals surface area contributed by atoms with Gasteiger partial charge < -0.3 is 23.8 Å². The number of methoxy groups -OCH3 is 2. The van der Waals surface area contributed by atoms with Gasteiger partial charge in [-0.05, 0) is 80.8 Å². The molecule has 1 amide bonds. The predicted molar refractivity (Wildman–Crippen MR) is 158 cm³/mol. The molecule has 0 aliphatic carbocycles. The molecule has 0 saturated carbocycles. The van der Waals surface area contributed by atoms with Crippen LogP contribution < -0.4 is 14.2 Å². The predicted octanol–water partition coefficient (Wildman–Crippen LogP) is 5.28. The van der Waals surface area contributed by atoms with Gasteiger partial charge in [0.05, 0.1) is 14.2 Å². The topological polar surface area (TPSA) is 108 Å². The normalized spacial score (nSPS) is 15.9. The van der Waals surface area contributed by atoms with Crippen LogP contribution in [0.1, 0.15) is 77.0 Å². The number of aryl methyl sites for hydroxylation is 1. The second-order valence-corrected chi connectivity index (χ2v) is 11.3. The molecular formula is C33H43NO8. The number of nitrogens with zero attached hydrogens (tertiary/aromatic N) is 1. The summed E-state index contributed by atoms with van der Waals surface area (Å²) in [4.78, 5) is 52.8. The molecule has 2 aromatic carbocycles. The average molecular weight is 582 g/mol. The lowest BCUT2D eigenvalue weighted by molar-refractivity contribution is -0.164. The molecule has 9 nitrogen and oxygen atoms in total. The number of Topliss-reactive ketones (excluding diaryl/α,β-unsaturated/α-hetero) is 2. The Morgan fingerprint density at radius 3 is 2.40 bits per heavy atom. The number of carbonyl (C=O) groups is 4. The maximum absolute atomic E-state index is 13.7. The van der Waals surface area contributed by atoms with Gasteiger partial charge in [-0.3, -0.25) is 14.4 Å². The maximum atomic E-state index is 13.7. The first kappa shape index (κ1) is 32.6. The molecule has 2 unspecified atom stereocenters. The average Bonchev–Trinajstić information content (AvgIpc) is 3.01. The third-order valence-electron chi connectivity index (χ3n) is 7.80. The van der Waals surface area contributed by atoms with Crippen molar-refractivity contribution in [1.29, 1.82) is 0 Å². The lowest BCUT2D eigenvalue weighted by atomic mass is 9.84. The minimum atomic E-state index is -0.844. The minimum absolute atomic E-state index is 0.0686. The monoisotopic (exact) mass is 581 g/mol. The van der Waals surface area contributed by atoms with E-state index >= 15 is 0 Å². The highest BCUT2D eigenvalue weighted by molar-refractivity contribution is 6.38. The van der Waals surface area contributed by atoms with Gasteiger partial charge in [0, 0.05) is 12.0 Å². The summed E-state index contributed by atoms with van der Waals surface area (Å²) in [7, 11) is 3.15. The van der Waals surface area contributed by atoms with Crippen molar-refractivity contribution in [2.24, 2.45) is 5.41 Å². The summed E-state index contributed by atoms with van der Waals surface area (Å²) in [5, 5.41) is 0. The van der Waals surface area contributed by atoms with Crippen molar-refractivity contribution in [2.45, 2.75) is 78.4 Å². The highest BCUT2D eigenvalue weighted by Crippen LogP contribution is 2.32. The van der Waals surface area contributed by atoms with Gasteiger partial charge in [0.2, 0.25) is 5.78 Å². The van der Waals surface area contributed by atoms with E-state index in [1.54, 1.807) is 46.3 Å². The van der Waals surface area contributed by atoms with E-state index in [0.717, 1.165) is 12.0 Å². The third-order valence-corrected chi connectivity index (χ3v) is 7.80. The van der Waals surface area contributed by atoms with Crippen LogP contribution in [0.4, 0.5) is 0 Å². The third kappa shape index (κ3) is 8.33. The largest absolute Gasteiger partial charge is 0.493 e. The second-order valence-electron chi connectivity index (χ2n) is 11.3. The van der Waals surface area contributed by atoms with Gasteiger partial charge in [0.25, 0.3) is 5.91 Å². The molecule has 0 aromatic heterocycles. The van der Waals surface area contributed by atoms with Crippen molar-refractivity contribution < 1.29 is 38.1 Å². The fourth-order valence-electron chi connectivity index (χ4n) is 4.84. The number of rotatable bonds is 14. The first-order valence-electron chi connectivity index (χ1n) is 14.5. The highest BCUT2D eigenvalue weighted by Gasteiger charge is 2.41. The van der Waals surface area contributed by atoms with Gasteiger partial charge >= 0.3 is 5.97 Å². The Kier molecular flexibility index (Phi) is 11.5. The van der Waals surface area contributed by atoms with Crippen molar-refractivity contribution in [3.63, 3.8) is 0 Å². The highest BCUT2D eigenvalue weighted by atomic mass is 16.5. The van der Waals surface area contributed by atoms with Gasteiger partial charge in [0.1, 0.15) is 24.5 Å². The number of piperidine rings is 1. The Morgan fingerprint density at radius 1 is 1.00 bits per heavy atom. The number of carbonyl (C=O) groups excluding carboxylic acids is 4. The Labute approximate surface area is 248 Å². The van der Waals surface area contributed by atoms with E-state index in [0.29, 0.717) is 61.5 Å². The standard InChI is InChI=1S/C33H43NO8/c1-7-33(3,4)30(36)31(37)34-18-9-8-13-26(34)32(38)42-27(24-11-10-12-25(20-24)41-21-22(2)35)16-14-23-15-17-28(39-5)29(19-23)40-6/h10-12,15,17,19-20,26-27H,7-9,13-14,16,18,21H2,1-6H3. The van der Waals surface area contributed by atoms with Crippen molar-refractivity contribution in [3.8, 4) is 17.2 Å². The van der Waals surface area contributed by atoms with E-state index in [1.165, 1.54) is 11.8 Å². The van der Waals surface area contributed by atoms with Crippen molar-refractivity contribution in [2.75, 3.05) is 27.4 Å². The molecule has 1 heterocycles. The summed E-state index contributed by atoms with van der Waals surface area (Å²) in [6.07, 6.45) is 2.71. The minimum Gasteiger partial charge on any atom is -0.493 e. The van der Waals surface area contributed by atoms with E-state index in [9.17, 15) is 19.2 Å². The number of hydrogen-bond acceptors (Lipinski definition) is 8. The van der Waals surface area contributed by atoms with Crippen LogP contribution in [0, 0.1) is 5.41 Å². The van der Waals surface area contributed by atoms with Gasteiger partial charge in [-0.1, -0.05) is 39.0 Å². The molecule has 0 radical (unpaired) electrons. The van der Waals surface area contributed by atoms with Crippen LogP contribution in [0.25, 0.3) is 0 Å². The number of amides is 1. The van der Waals surface area contributed by atoms with E-state index < -0.39 is 35.2 Å². The Balaban J connectivity index is 1.87. The molecule has 9 heteroatoms. The first-order valence-corrected chi connectivity index (χ1v) is 14.5. The van der Waals surface area contributed by atoms with Gasteiger partial charge in [-0.15, -0.1) is 0 Å². The molecule has 1 aliphatic heterocycles. The molecule has 1 aliphatic rings. The lowest BCUT2D eigenvalue weighted by Gasteiger charge is -2.36. The van der Waals surface area contributed by atoms with Crippen molar-refractivity contribution in [3.05, 3.63) is 53.6 Å². The van der Waals surface area contributed by atoms with Crippen LogP contribution in [0.2, 0.25) is 0 Å². The quantitative estimate of drug-likeness (QED) is 0.219.